The molecule has 2 fully saturated rings. The van der Waals surface area contributed by atoms with Gasteiger partial charge in [0.25, 0.3) is 0 Å². The van der Waals surface area contributed by atoms with Crippen molar-refractivity contribution in [2.75, 3.05) is 26.2 Å². The number of nitrogens with zero attached hydrogens (tertiary/aromatic N) is 1. The van der Waals surface area contributed by atoms with E-state index in [1.807, 2.05) is 0 Å². The zero-order chi connectivity index (χ0) is 13.9. The van der Waals surface area contributed by atoms with Gasteiger partial charge in [-0.2, -0.15) is 0 Å². The molecule has 2 aliphatic rings. The topological polar surface area (TPSA) is 29.3 Å². The predicted octanol–water partition coefficient (Wildman–Crippen LogP) is 3.51. The molecule has 1 aliphatic carbocycles. The van der Waals surface area contributed by atoms with E-state index in [1.54, 1.807) is 0 Å². The molecule has 0 aromatic heterocycles. The maximum absolute atomic E-state index is 5.92. The lowest BCUT2D eigenvalue weighted by Crippen LogP contribution is -2.34. The van der Waals surface area contributed by atoms with Gasteiger partial charge in [0.1, 0.15) is 0 Å². The van der Waals surface area contributed by atoms with Gasteiger partial charge in [-0.3, -0.25) is 0 Å². The van der Waals surface area contributed by atoms with E-state index in [0.29, 0.717) is 5.41 Å². The second-order valence-corrected chi connectivity index (χ2v) is 7.98. The largest absolute Gasteiger partial charge is 0.330 e. The first-order chi connectivity index (χ1) is 9.00. The number of hydrogen-bond donors (Lipinski definition) is 1. The zero-order valence-corrected chi connectivity index (χ0v) is 13.3. The number of likely N-dealkylation sites (tertiary alicyclic amines) is 1. The average Bonchev–Trinajstić information content (AvgIpc) is 2.63. The van der Waals surface area contributed by atoms with E-state index in [0.717, 1.165) is 24.3 Å². The first kappa shape index (κ1) is 15.3. The van der Waals surface area contributed by atoms with E-state index in [2.05, 4.69) is 25.7 Å². The van der Waals surface area contributed by atoms with Crippen LogP contribution in [-0.4, -0.2) is 31.1 Å². The lowest BCUT2D eigenvalue weighted by atomic mass is 9.77. The Balaban J connectivity index is 1.82. The Hall–Kier alpha value is -0.0800. The molecule has 2 heteroatoms. The first-order valence-electron chi connectivity index (χ1n) is 8.43. The van der Waals surface area contributed by atoms with Crippen LogP contribution in [0.3, 0.4) is 0 Å². The van der Waals surface area contributed by atoms with Crippen LogP contribution < -0.4 is 5.73 Å². The van der Waals surface area contributed by atoms with Gasteiger partial charge in [-0.05, 0) is 74.9 Å². The fourth-order valence-electron chi connectivity index (χ4n) is 4.20. The second kappa shape index (κ2) is 6.58. The Morgan fingerprint density at radius 2 is 1.68 bits per heavy atom. The summed E-state index contributed by atoms with van der Waals surface area (Å²) >= 11 is 0. The van der Waals surface area contributed by atoms with Gasteiger partial charge in [-0.15, -0.1) is 0 Å². The summed E-state index contributed by atoms with van der Waals surface area (Å²) in [6, 6.07) is 0. The highest BCUT2D eigenvalue weighted by atomic mass is 15.1. The van der Waals surface area contributed by atoms with Crippen LogP contribution in [0.25, 0.3) is 0 Å². The van der Waals surface area contributed by atoms with Crippen molar-refractivity contribution in [3.8, 4) is 0 Å². The maximum Gasteiger partial charge on any atom is 0.00128 e. The Morgan fingerprint density at radius 3 is 2.37 bits per heavy atom. The fraction of sp³-hybridized carbons (Fsp3) is 1.00. The van der Waals surface area contributed by atoms with Crippen molar-refractivity contribution >= 4 is 0 Å². The van der Waals surface area contributed by atoms with Crippen molar-refractivity contribution in [1.82, 2.24) is 4.90 Å². The van der Waals surface area contributed by atoms with Crippen LogP contribution in [0.15, 0.2) is 0 Å². The van der Waals surface area contributed by atoms with E-state index in [4.69, 9.17) is 5.73 Å². The fourth-order valence-corrected chi connectivity index (χ4v) is 4.20. The molecule has 0 radical (unpaired) electrons. The van der Waals surface area contributed by atoms with Gasteiger partial charge >= 0.3 is 0 Å². The summed E-state index contributed by atoms with van der Waals surface area (Å²) in [7, 11) is 0. The molecule has 19 heavy (non-hydrogen) atoms. The molecule has 0 spiro atoms. The summed E-state index contributed by atoms with van der Waals surface area (Å²) in [5.74, 6) is 2.60. The van der Waals surface area contributed by atoms with Crippen molar-refractivity contribution in [3.05, 3.63) is 0 Å². The highest BCUT2D eigenvalue weighted by molar-refractivity contribution is 4.83. The van der Waals surface area contributed by atoms with Crippen molar-refractivity contribution in [2.24, 2.45) is 28.9 Å². The van der Waals surface area contributed by atoms with Crippen molar-refractivity contribution in [3.63, 3.8) is 0 Å². The summed E-state index contributed by atoms with van der Waals surface area (Å²) in [4.78, 5) is 2.74. The highest BCUT2D eigenvalue weighted by Crippen LogP contribution is 2.36. The minimum absolute atomic E-state index is 0.489. The van der Waals surface area contributed by atoms with Gasteiger partial charge in [0.2, 0.25) is 0 Å². The molecule has 1 aliphatic heterocycles. The van der Waals surface area contributed by atoms with E-state index < -0.39 is 0 Å². The number of hydrogen-bond acceptors (Lipinski definition) is 2. The molecule has 0 bridgehead atoms. The van der Waals surface area contributed by atoms with Crippen molar-refractivity contribution < 1.29 is 0 Å². The molecule has 1 saturated heterocycles. The molecule has 0 amide bonds. The van der Waals surface area contributed by atoms with Crippen LogP contribution >= 0.6 is 0 Å². The third-order valence-electron chi connectivity index (χ3n) is 5.66. The minimum atomic E-state index is 0.489. The molecule has 2 nitrogen and oxygen atoms in total. The predicted molar refractivity (Wildman–Crippen MR) is 83.1 cm³/mol. The van der Waals surface area contributed by atoms with Gasteiger partial charge in [0.05, 0.1) is 0 Å². The summed E-state index contributed by atoms with van der Waals surface area (Å²) in [6.07, 6.45) is 8.40. The molecular weight excluding hydrogens is 232 g/mol. The summed E-state index contributed by atoms with van der Waals surface area (Å²) < 4.78 is 0. The van der Waals surface area contributed by atoms with E-state index >= 15 is 0 Å². The molecule has 112 valence electrons. The summed E-state index contributed by atoms with van der Waals surface area (Å²) in [5.41, 5.74) is 6.41. The van der Waals surface area contributed by atoms with E-state index in [1.165, 1.54) is 58.2 Å². The minimum Gasteiger partial charge on any atom is -0.330 e. The third-order valence-corrected chi connectivity index (χ3v) is 5.66. The molecule has 2 rings (SSSR count). The molecule has 0 aromatic rings. The van der Waals surface area contributed by atoms with E-state index in [9.17, 15) is 0 Å². The first-order valence-corrected chi connectivity index (χ1v) is 8.43. The normalized spacial score (nSPS) is 34.4. The number of rotatable bonds is 3. The molecule has 3 atom stereocenters. The third kappa shape index (κ3) is 4.19. The van der Waals surface area contributed by atoms with Crippen LogP contribution in [0, 0.1) is 23.2 Å². The average molecular weight is 266 g/mol. The molecule has 1 saturated carbocycles. The van der Waals surface area contributed by atoms with Gasteiger partial charge < -0.3 is 10.6 Å². The number of nitrogens with two attached hydrogens (primary N) is 1. The standard InChI is InChI=1S/C17H34N2/c1-17(2,3)16-8-5-10-19(11-9-16)13-15-7-4-6-14(15)12-18/h14-16H,4-13,18H2,1-3H3. The van der Waals surface area contributed by atoms with Crippen LogP contribution in [0.4, 0.5) is 0 Å². The Kier molecular flexibility index (Phi) is 5.30. The monoisotopic (exact) mass is 266 g/mol. The molecule has 0 aromatic carbocycles. The molecule has 1 heterocycles. The molecule has 2 N–H and O–H groups in total. The quantitative estimate of drug-likeness (QED) is 0.847. The van der Waals surface area contributed by atoms with Crippen LogP contribution in [-0.2, 0) is 0 Å². The maximum atomic E-state index is 5.92. The smallest absolute Gasteiger partial charge is 0.00128 e. The molecular formula is C17H34N2. The van der Waals surface area contributed by atoms with Crippen LogP contribution in [0.1, 0.15) is 59.3 Å². The Bertz CT molecular complexity index is 269. The van der Waals surface area contributed by atoms with Gasteiger partial charge in [0.15, 0.2) is 0 Å². The van der Waals surface area contributed by atoms with Crippen molar-refractivity contribution in [2.45, 2.75) is 59.3 Å². The summed E-state index contributed by atoms with van der Waals surface area (Å²) in [5, 5.41) is 0. The SMILES string of the molecule is CC(C)(C)C1CCCN(CC2CCCC2CN)CC1. The lowest BCUT2D eigenvalue weighted by Gasteiger charge is -2.30. The van der Waals surface area contributed by atoms with E-state index in [-0.39, 0.29) is 0 Å². The second-order valence-electron chi connectivity index (χ2n) is 7.98. The highest BCUT2D eigenvalue weighted by Gasteiger charge is 2.30. The van der Waals surface area contributed by atoms with Crippen LogP contribution in [0.2, 0.25) is 0 Å². The Labute approximate surface area is 120 Å². The van der Waals surface area contributed by atoms with Gasteiger partial charge in [0, 0.05) is 6.54 Å². The Morgan fingerprint density at radius 1 is 0.947 bits per heavy atom. The van der Waals surface area contributed by atoms with Crippen molar-refractivity contribution in [1.29, 1.82) is 0 Å². The van der Waals surface area contributed by atoms with Gasteiger partial charge in [-0.25, -0.2) is 0 Å². The van der Waals surface area contributed by atoms with Crippen LogP contribution in [0.5, 0.6) is 0 Å². The summed E-state index contributed by atoms with van der Waals surface area (Å²) in [6.45, 7) is 12.1. The lowest BCUT2D eigenvalue weighted by molar-refractivity contribution is 0.190. The zero-order valence-electron chi connectivity index (χ0n) is 13.3. The van der Waals surface area contributed by atoms with Gasteiger partial charge in [-0.1, -0.05) is 27.2 Å². The molecule has 3 unspecified atom stereocenters.